The lowest BCUT2D eigenvalue weighted by atomic mass is 9.99. The predicted molar refractivity (Wildman–Crippen MR) is 233 cm³/mol. The Hall–Kier alpha value is -6.68. The van der Waals surface area contributed by atoms with Gasteiger partial charge < -0.3 is 49.9 Å². The molecule has 3 aliphatic rings. The molecule has 0 radical (unpaired) electrons. The number of nitrogens with one attached hydrogen (secondary N) is 5. The van der Waals surface area contributed by atoms with Gasteiger partial charge in [0.2, 0.25) is 11.8 Å². The van der Waals surface area contributed by atoms with Gasteiger partial charge in [0, 0.05) is 43.7 Å². The van der Waals surface area contributed by atoms with Gasteiger partial charge in [-0.1, -0.05) is 66.7 Å². The summed E-state index contributed by atoms with van der Waals surface area (Å²) < 4.78 is 15.1. The molecule has 2 fully saturated rings. The average molecular weight is 844 g/mol. The lowest BCUT2D eigenvalue weighted by Gasteiger charge is -2.30. The Kier molecular flexibility index (Phi) is 12.6. The van der Waals surface area contributed by atoms with Gasteiger partial charge in [0.25, 0.3) is 0 Å². The molecule has 0 aliphatic carbocycles. The Morgan fingerprint density at radius 3 is 2.16 bits per heavy atom. The molecular weight excluding hydrogens is 791 g/mol. The minimum Gasteiger partial charge on any atom is -0.453 e. The van der Waals surface area contributed by atoms with Gasteiger partial charge in [-0.25, -0.2) is 14.6 Å². The summed E-state index contributed by atoms with van der Waals surface area (Å²) in [7, 11) is 4.06. The van der Waals surface area contributed by atoms with E-state index < -0.39 is 30.4 Å². The number of amidine groups is 1. The number of amides is 4. The van der Waals surface area contributed by atoms with E-state index in [0.717, 1.165) is 75.9 Å². The molecule has 6 atom stereocenters. The van der Waals surface area contributed by atoms with Crippen LogP contribution in [0.4, 0.5) is 9.59 Å². The number of aliphatic imine (C=N–C) groups is 1. The first kappa shape index (κ1) is 42.0. The maximum Gasteiger partial charge on any atom is 0.407 e. The van der Waals surface area contributed by atoms with Crippen molar-refractivity contribution in [3.63, 3.8) is 0 Å². The zero-order valence-electron chi connectivity index (χ0n) is 35.4. The number of para-hydroxylation sites is 1. The Balaban J connectivity index is 0.890. The molecular formula is C46H53N9O7. The maximum absolute atomic E-state index is 14.2. The molecule has 62 heavy (non-hydrogen) atoms. The first-order valence-corrected chi connectivity index (χ1v) is 21.1. The molecule has 2 saturated heterocycles. The highest BCUT2D eigenvalue weighted by Crippen LogP contribution is 2.34. The lowest BCUT2D eigenvalue weighted by Crippen LogP contribution is -2.54. The monoisotopic (exact) mass is 843 g/mol. The third-order valence-electron chi connectivity index (χ3n) is 12.3. The number of imidazole rings is 1. The molecule has 2 aromatic heterocycles. The number of fused-ring (bicyclic) bond motifs is 1. The molecule has 0 bridgehead atoms. The molecule has 5 N–H and O–H groups in total. The van der Waals surface area contributed by atoms with Crippen LogP contribution in [0.3, 0.4) is 0 Å². The molecule has 3 aromatic carbocycles. The minimum absolute atomic E-state index is 0.0341. The highest BCUT2D eigenvalue weighted by Gasteiger charge is 2.40. The topological polar surface area (TPSA) is 195 Å². The third kappa shape index (κ3) is 8.73. The Labute approximate surface area is 359 Å². The van der Waals surface area contributed by atoms with E-state index in [0.29, 0.717) is 31.9 Å². The van der Waals surface area contributed by atoms with Crippen LogP contribution >= 0.6 is 0 Å². The molecule has 16 nitrogen and oxygen atoms in total. The molecule has 16 heteroatoms. The average Bonchev–Trinajstić information content (AvgIpc) is 4.17. The number of nitrogens with zero attached hydrogens (tertiary/aromatic N) is 4. The van der Waals surface area contributed by atoms with E-state index in [9.17, 15) is 19.2 Å². The molecule has 0 saturated carbocycles. The number of aromatic nitrogens is 3. The van der Waals surface area contributed by atoms with Crippen molar-refractivity contribution in [2.75, 3.05) is 41.0 Å². The first-order chi connectivity index (χ1) is 30.1. The molecule has 8 rings (SSSR count). The summed E-state index contributed by atoms with van der Waals surface area (Å²) in [5.74, 6) is 1.07. The zero-order valence-corrected chi connectivity index (χ0v) is 35.4. The molecule has 0 spiro atoms. The first-order valence-electron chi connectivity index (χ1n) is 21.1. The van der Waals surface area contributed by atoms with Crippen LogP contribution in [-0.4, -0.2) is 120 Å². The number of rotatable bonds is 13. The standard InChI is InChI=1S/C46H53N9O7/c1-27(60-2)40(53-46(59)62-4)44(57)55-22-8-12-39(55)42-49-26-37(51-42)31-19-15-29(16-20-31)28-13-17-30(18-14-28)36-25-48-41(50-36)38-11-7-21-54(38)43(56)35(52-45(58)61-3)23-32-24-47-34-10-6-5-9-33(32)34/h5-6,9-10,13-20,24,26-27,35-36,38-40,47H,7-8,11-12,21-23,25H2,1-4H3,(H,48,50)(H,49,51)(H,52,58)(H,53,59)/t27-,35+,36?,38+,39+,40+/m1/s1. The van der Waals surface area contributed by atoms with Crippen LogP contribution < -0.4 is 16.0 Å². The van der Waals surface area contributed by atoms with Gasteiger partial charge in [0.1, 0.15) is 23.7 Å². The van der Waals surface area contributed by atoms with Crippen LogP contribution in [-0.2, 0) is 30.2 Å². The fraction of sp³-hybridized carbons (Fsp3) is 0.391. The maximum atomic E-state index is 14.2. The summed E-state index contributed by atoms with van der Waals surface area (Å²) in [5.41, 5.74) is 6.93. The number of hydrogen-bond donors (Lipinski definition) is 5. The van der Waals surface area contributed by atoms with Crippen molar-refractivity contribution in [2.45, 2.75) is 75.3 Å². The predicted octanol–water partition coefficient (Wildman–Crippen LogP) is 5.65. The summed E-state index contributed by atoms with van der Waals surface area (Å²) in [6.45, 7) is 3.40. The molecule has 3 aliphatic heterocycles. The van der Waals surface area contributed by atoms with Crippen LogP contribution in [0.25, 0.3) is 33.3 Å². The molecule has 5 heterocycles. The third-order valence-corrected chi connectivity index (χ3v) is 12.3. The van der Waals surface area contributed by atoms with Gasteiger partial charge in [-0.15, -0.1) is 0 Å². The highest BCUT2D eigenvalue weighted by molar-refractivity contribution is 5.96. The number of likely N-dealkylation sites (tertiary alicyclic amines) is 2. The highest BCUT2D eigenvalue weighted by atomic mass is 16.5. The number of methoxy groups -OCH3 is 3. The Bertz CT molecular complexity index is 2430. The second-order valence-electron chi connectivity index (χ2n) is 16.0. The number of carbonyl (C=O) groups is 4. The summed E-state index contributed by atoms with van der Waals surface area (Å²) in [4.78, 5) is 72.1. The summed E-state index contributed by atoms with van der Waals surface area (Å²) in [5, 5.41) is 10.0. The fourth-order valence-corrected chi connectivity index (χ4v) is 8.88. The van der Waals surface area contributed by atoms with E-state index in [1.807, 2.05) is 47.5 Å². The number of H-pyrrole nitrogens is 2. The lowest BCUT2D eigenvalue weighted by molar-refractivity contribution is -0.137. The van der Waals surface area contributed by atoms with E-state index in [1.165, 1.54) is 21.3 Å². The van der Waals surface area contributed by atoms with Gasteiger partial charge in [0.15, 0.2) is 0 Å². The zero-order chi connectivity index (χ0) is 43.3. The Morgan fingerprint density at radius 2 is 1.45 bits per heavy atom. The number of aromatic amines is 2. The van der Waals surface area contributed by atoms with E-state index in [2.05, 4.69) is 67.3 Å². The number of benzene rings is 3. The van der Waals surface area contributed by atoms with Crippen LogP contribution in [0.15, 0.2) is 90.2 Å². The minimum atomic E-state index is -0.898. The van der Waals surface area contributed by atoms with Crippen LogP contribution in [0.5, 0.6) is 0 Å². The second kappa shape index (κ2) is 18.5. The van der Waals surface area contributed by atoms with Crippen molar-refractivity contribution >= 4 is 40.7 Å². The van der Waals surface area contributed by atoms with Gasteiger partial charge in [0.05, 0.1) is 56.9 Å². The summed E-state index contributed by atoms with van der Waals surface area (Å²) >= 11 is 0. The molecule has 4 amide bonds. The van der Waals surface area contributed by atoms with Crippen molar-refractivity contribution in [1.82, 2.24) is 40.7 Å². The fourth-order valence-electron chi connectivity index (χ4n) is 8.88. The summed E-state index contributed by atoms with van der Waals surface area (Å²) in [6.07, 6.45) is 5.27. The van der Waals surface area contributed by atoms with Crippen molar-refractivity contribution in [3.8, 4) is 22.4 Å². The second-order valence-corrected chi connectivity index (χ2v) is 16.0. The van der Waals surface area contributed by atoms with Crippen molar-refractivity contribution in [3.05, 3.63) is 102 Å². The van der Waals surface area contributed by atoms with Crippen LogP contribution in [0, 0.1) is 0 Å². The van der Waals surface area contributed by atoms with Crippen LogP contribution in [0.1, 0.15) is 61.6 Å². The Morgan fingerprint density at radius 1 is 0.806 bits per heavy atom. The van der Waals surface area contributed by atoms with Gasteiger partial charge in [-0.2, -0.15) is 0 Å². The van der Waals surface area contributed by atoms with Gasteiger partial charge in [-0.05, 0) is 66.5 Å². The molecule has 5 aromatic rings. The van der Waals surface area contributed by atoms with E-state index in [1.54, 1.807) is 18.0 Å². The number of carbonyl (C=O) groups excluding carboxylic acids is 4. The van der Waals surface area contributed by atoms with Gasteiger partial charge >= 0.3 is 12.2 Å². The normalized spacial score (nSPS) is 20.0. The van der Waals surface area contributed by atoms with Crippen molar-refractivity contribution < 1.29 is 33.4 Å². The van der Waals surface area contributed by atoms with Gasteiger partial charge in [-0.3, -0.25) is 14.6 Å². The number of ether oxygens (including phenoxy) is 3. The SMILES string of the molecule is COC(=O)N[C@@H](Cc1c[nH]c2ccccc12)C(=O)N1CCC[C@H]1C1=NCC(c2ccc(-c3ccc(-c4cnc([C@@H]5CCCN5C(=O)[C@@H](NC(=O)OC)[C@@H](C)OC)[nH]4)cc3)cc2)N1. The number of hydrogen-bond acceptors (Lipinski definition) is 10. The largest absolute Gasteiger partial charge is 0.453 e. The van der Waals surface area contributed by atoms with E-state index >= 15 is 0 Å². The van der Waals surface area contributed by atoms with Crippen molar-refractivity contribution in [2.24, 2.45) is 4.99 Å². The van der Waals surface area contributed by atoms with Crippen LogP contribution in [0.2, 0.25) is 0 Å². The summed E-state index contributed by atoms with van der Waals surface area (Å²) in [6, 6.07) is 22.4. The molecule has 324 valence electrons. The van der Waals surface area contributed by atoms with E-state index in [4.69, 9.17) is 19.2 Å². The molecule has 1 unspecified atom stereocenters. The number of alkyl carbamates (subject to hydrolysis) is 2. The smallest absolute Gasteiger partial charge is 0.407 e. The van der Waals surface area contributed by atoms with E-state index in [-0.39, 0.29) is 29.9 Å². The van der Waals surface area contributed by atoms with Crippen molar-refractivity contribution in [1.29, 1.82) is 0 Å². The quantitative estimate of drug-likeness (QED) is 0.0996.